The van der Waals surface area contributed by atoms with E-state index in [1.54, 1.807) is 31.2 Å². The smallest absolute Gasteiger partial charge is 0.340 e. The van der Waals surface area contributed by atoms with E-state index in [1.165, 1.54) is 10.7 Å². The van der Waals surface area contributed by atoms with E-state index >= 15 is 0 Å². The third kappa shape index (κ3) is 3.48. The summed E-state index contributed by atoms with van der Waals surface area (Å²) in [5.74, 6) is -0.909. The minimum Gasteiger partial charge on any atom is -0.340 e. The molecule has 10 heteroatoms. The molecule has 0 saturated heterocycles. The summed E-state index contributed by atoms with van der Waals surface area (Å²) < 4.78 is 39.4. The van der Waals surface area contributed by atoms with Crippen molar-refractivity contribution in [3.8, 4) is 11.4 Å². The Morgan fingerprint density at radius 3 is 2.65 bits per heavy atom. The zero-order chi connectivity index (χ0) is 19.1. The first-order valence-electron chi connectivity index (χ1n) is 7.52. The predicted molar refractivity (Wildman–Crippen MR) is 88.9 cm³/mol. The fraction of sp³-hybridized carbons (Fsp3) is 0.250. The topological polar surface area (TPSA) is 72.2 Å². The highest BCUT2D eigenvalue weighted by atomic mass is 35.5. The molecule has 136 valence electrons. The summed E-state index contributed by atoms with van der Waals surface area (Å²) in [7, 11) is 0. The number of halogens is 4. The molecule has 1 atom stereocenters. The van der Waals surface area contributed by atoms with E-state index in [9.17, 15) is 18.0 Å². The molecule has 3 aromatic rings. The van der Waals surface area contributed by atoms with Crippen molar-refractivity contribution in [2.24, 2.45) is 0 Å². The van der Waals surface area contributed by atoms with E-state index in [0.717, 1.165) is 6.92 Å². The van der Waals surface area contributed by atoms with Gasteiger partial charge in [0.05, 0.1) is 17.6 Å². The zero-order valence-electron chi connectivity index (χ0n) is 13.7. The van der Waals surface area contributed by atoms with Crippen LogP contribution >= 0.6 is 11.6 Å². The number of hydrogen-bond acceptors (Lipinski definition) is 4. The normalized spacial score (nSPS) is 13.0. The molecule has 0 aliphatic rings. The van der Waals surface area contributed by atoms with Gasteiger partial charge >= 0.3 is 6.18 Å². The van der Waals surface area contributed by atoms with Crippen molar-refractivity contribution >= 4 is 23.2 Å². The van der Waals surface area contributed by atoms with Crippen LogP contribution in [0.15, 0.2) is 30.5 Å². The monoisotopic (exact) mass is 383 g/mol. The molecular weight excluding hydrogens is 371 g/mol. The van der Waals surface area contributed by atoms with Crippen molar-refractivity contribution in [3.05, 3.63) is 46.9 Å². The molecule has 0 aromatic carbocycles. The van der Waals surface area contributed by atoms with Gasteiger partial charge in [-0.25, -0.2) is 14.5 Å². The molecule has 1 amide bonds. The molecule has 1 N–H and O–H groups in total. The molecule has 3 aromatic heterocycles. The number of nitrogens with zero attached hydrogens (tertiary/aromatic N) is 4. The van der Waals surface area contributed by atoms with Crippen LogP contribution in [0.2, 0.25) is 5.15 Å². The number of carbonyl (C=O) groups excluding carboxylic acids is 1. The Hall–Kier alpha value is -2.68. The number of carbonyl (C=O) groups is 1. The van der Waals surface area contributed by atoms with E-state index in [1.807, 2.05) is 5.32 Å². The maximum Gasteiger partial charge on any atom is 0.408 e. The van der Waals surface area contributed by atoms with Gasteiger partial charge in [0, 0.05) is 5.69 Å². The number of rotatable bonds is 3. The number of aryl methyl sites for hydroxylation is 1. The van der Waals surface area contributed by atoms with Crippen molar-refractivity contribution in [1.82, 2.24) is 24.9 Å². The lowest BCUT2D eigenvalue weighted by molar-refractivity contribution is -0.149. The number of alkyl halides is 3. The molecular formula is C16H13ClF3N5O. The minimum absolute atomic E-state index is 0.0620. The Labute approximate surface area is 151 Å². The second kappa shape index (κ2) is 6.56. The lowest BCUT2D eigenvalue weighted by atomic mass is 10.2. The van der Waals surface area contributed by atoms with E-state index in [0.29, 0.717) is 17.1 Å². The average molecular weight is 384 g/mol. The third-order valence-electron chi connectivity index (χ3n) is 3.71. The van der Waals surface area contributed by atoms with Crippen LogP contribution < -0.4 is 5.32 Å². The van der Waals surface area contributed by atoms with Crippen LogP contribution in [0.25, 0.3) is 17.0 Å². The van der Waals surface area contributed by atoms with Crippen LogP contribution in [0.5, 0.6) is 0 Å². The highest BCUT2D eigenvalue weighted by Gasteiger charge is 2.37. The van der Waals surface area contributed by atoms with E-state index < -0.39 is 18.1 Å². The van der Waals surface area contributed by atoms with Gasteiger partial charge in [0.25, 0.3) is 5.91 Å². The van der Waals surface area contributed by atoms with Gasteiger partial charge in [-0.05, 0) is 32.0 Å². The SMILES string of the molecule is Cc1cc(-c2cccc(Cl)n2)nc2c(C(=O)NC(C)C(F)(F)F)cnn12. The number of amides is 1. The van der Waals surface area contributed by atoms with Gasteiger partial charge in [0.15, 0.2) is 5.65 Å². The predicted octanol–water partition coefficient (Wildman–Crippen LogP) is 3.43. The van der Waals surface area contributed by atoms with Crippen molar-refractivity contribution in [3.63, 3.8) is 0 Å². The number of aromatic nitrogens is 4. The lowest BCUT2D eigenvalue weighted by Gasteiger charge is -2.16. The molecule has 3 rings (SSSR count). The zero-order valence-corrected chi connectivity index (χ0v) is 14.4. The molecule has 1 unspecified atom stereocenters. The highest BCUT2D eigenvalue weighted by molar-refractivity contribution is 6.29. The van der Waals surface area contributed by atoms with Crippen LogP contribution in [0, 0.1) is 6.92 Å². The Morgan fingerprint density at radius 2 is 2.00 bits per heavy atom. The van der Waals surface area contributed by atoms with Crippen molar-refractivity contribution in [2.75, 3.05) is 0 Å². The first-order valence-corrected chi connectivity index (χ1v) is 7.90. The average Bonchev–Trinajstić information content (AvgIpc) is 2.98. The highest BCUT2D eigenvalue weighted by Crippen LogP contribution is 2.22. The van der Waals surface area contributed by atoms with E-state index in [4.69, 9.17) is 11.6 Å². The number of hydrogen-bond donors (Lipinski definition) is 1. The summed E-state index contributed by atoms with van der Waals surface area (Å²) in [5.41, 5.74) is 1.60. The molecule has 0 saturated carbocycles. The summed E-state index contributed by atoms with van der Waals surface area (Å²) in [5, 5.41) is 6.21. The van der Waals surface area contributed by atoms with Gasteiger partial charge in [0.1, 0.15) is 16.8 Å². The first-order chi connectivity index (χ1) is 12.2. The molecule has 26 heavy (non-hydrogen) atoms. The van der Waals surface area contributed by atoms with Crippen molar-refractivity contribution in [2.45, 2.75) is 26.1 Å². The molecule has 0 aliphatic heterocycles. The van der Waals surface area contributed by atoms with Gasteiger partial charge in [-0.2, -0.15) is 18.3 Å². The molecule has 0 fully saturated rings. The quantitative estimate of drug-likeness (QED) is 0.703. The minimum atomic E-state index is -4.54. The number of pyridine rings is 1. The van der Waals surface area contributed by atoms with Crippen LogP contribution in [0.4, 0.5) is 13.2 Å². The maximum absolute atomic E-state index is 12.7. The van der Waals surface area contributed by atoms with Gasteiger partial charge < -0.3 is 5.32 Å². The molecule has 0 radical (unpaired) electrons. The molecule has 6 nitrogen and oxygen atoms in total. The lowest BCUT2D eigenvalue weighted by Crippen LogP contribution is -2.43. The van der Waals surface area contributed by atoms with Crippen LogP contribution in [0.1, 0.15) is 23.0 Å². The summed E-state index contributed by atoms with van der Waals surface area (Å²) >= 11 is 5.89. The van der Waals surface area contributed by atoms with E-state index in [-0.39, 0.29) is 16.4 Å². The Balaban J connectivity index is 2.04. The molecule has 3 heterocycles. The standard InChI is InChI=1S/C16H13ClF3N5O/c1-8-6-12(11-4-3-5-13(17)23-11)24-14-10(7-21-25(8)14)15(26)22-9(2)16(18,19)20/h3-7,9H,1-2H3,(H,22,26). The fourth-order valence-electron chi connectivity index (χ4n) is 2.31. The first kappa shape index (κ1) is 18.1. The third-order valence-corrected chi connectivity index (χ3v) is 3.92. The molecule has 0 spiro atoms. The summed E-state index contributed by atoms with van der Waals surface area (Å²) in [6.45, 7) is 2.60. The number of fused-ring (bicyclic) bond motifs is 1. The van der Waals surface area contributed by atoms with Gasteiger partial charge in [0.2, 0.25) is 0 Å². The Kier molecular flexibility index (Phi) is 4.57. The Morgan fingerprint density at radius 1 is 1.27 bits per heavy atom. The number of nitrogens with one attached hydrogen (secondary N) is 1. The van der Waals surface area contributed by atoms with Crippen molar-refractivity contribution < 1.29 is 18.0 Å². The second-order valence-corrected chi connectivity index (χ2v) is 6.05. The van der Waals surface area contributed by atoms with Crippen LogP contribution in [0.3, 0.4) is 0 Å². The van der Waals surface area contributed by atoms with Gasteiger partial charge in [-0.3, -0.25) is 4.79 Å². The maximum atomic E-state index is 12.7. The van der Waals surface area contributed by atoms with Gasteiger partial charge in [-0.15, -0.1) is 0 Å². The van der Waals surface area contributed by atoms with E-state index in [2.05, 4.69) is 15.1 Å². The summed E-state index contributed by atoms with van der Waals surface area (Å²) in [6.07, 6.45) is -3.36. The molecule has 0 aliphatic carbocycles. The largest absolute Gasteiger partial charge is 0.408 e. The van der Waals surface area contributed by atoms with Gasteiger partial charge in [-0.1, -0.05) is 17.7 Å². The Bertz CT molecular complexity index is 986. The summed E-state index contributed by atoms with van der Waals surface area (Å²) in [4.78, 5) is 20.7. The second-order valence-electron chi connectivity index (χ2n) is 5.66. The van der Waals surface area contributed by atoms with Crippen molar-refractivity contribution in [1.29, 1.82) is 0 Å². The summed E-state index contributed by atoms with van der Waals surface area (Å²) in [6, 6.07) is 4.68. The van der Waals surface area contributed by atoms with Crippen LogP contribution in [-0.2, 0) is 0 Å². The fourth-order valence-corrected chi connectivity index (χ4v) is 2.48. The van der Waals surface area contributed by atoms with Crippen LogP contribution in [-0.4, -0.2) is 37.7 Å². The molecule has 0 bridgehead atoms.